The van der Waals surface area contributed by atoms with Crippen LogP contribution >= 0.6 is 0 Å². The summed E-state index contributed by atoms with van der Waals surface area (Å²) >= 11 is 0. The highest BCUT2D eigenvalue weighted by Gasteiger charge is 2.22. The van der Waals surface area contributed by atoms with Crippen LogP contribution in [0.4, 0.5) is 4.79 Å². The Labute approximate surface area is 100 Å². The van der Waals surface area contributed by atoms with Crippen LogP contribution in [0.1, 0.15) is 6.92 Å². The summed E-state index contributed by atoms with van der Waals surface area (Å²) < 4.78 is 7.85. The molecule has 94 valence electrons. The summed E-state index contributed by atoms with van der Waals surface area (Å²) in [6, 6.07) is -0.179. The lowest BCUT2D eigenvalue weighted by atomic mass is 10.2. The van der Waals surface area contributed by atoms with E-state index in [0.29, 0.717) is 6.54 Å². The molecule has 1 aromatic rings. The first-order chi connectivity index (χ1) is 7.95. The molecular formula is C11H18N3O3+. The van der Waals surface area contributed by atoms with Crippen LogP contribution in [-0.2, 0) is 16.6 Å². The van der Waals surface area contributed by atoms with Gasteiger partial charge < -0.3 is 9.64 Å². The number of methoxy groups -OCH3 is 1. The standard InChI is InChI=1S/C11H18N3O3/c1-9(10(15)17-4)7-13(3)11(16)14-6-5-12(2)8-14/h5-6,8-9H,7H2,1-4H3/q+1. The molecule has 1 rings (SSSR count). The van der Waals surface area contributed by atoms with Crippen LogP contribution in [0.15, 0.2) is 18.7 Å². The largest absolute Gasteiger partial charge is 0.469 e. The molecular weight excluding hydrogens is 222 g/mol. The van der Waals surface area contributed by atoms with E-state index >= 15 is 0 Å². The van der Waals surface area contributed by atoms with E-state index in [0.717, 1.165) is 0 Å². The maximum atomic E-state index is 11.9. The summed E-state index contributed by atoms with van der Waals surface area (Å²) in [5.41, 5.74) is 0. The highest BCUT2D eigenvalue weighted by atomic mass is 16.5. The van der Waals surface area contributed by atoms with E-state index < -0.39 is 0 Å². The monoisotopic (exact) mass is 240 g/mol. The quantitative estimate of drug-likeness (QED) is 0.553. The van der Waals surface area contributed by atoms with Gasteiger partial charge in [0.05, 0.1) is 20.1 Å². The van der Waals surface area contributed by atoms with Crippen molar-refractivity contribution in [2.75, 3.05) is 20.7 Å². The highest BCUT2D eigenvalue weighted by Crippen LogP contribution is 2.02. The van der Waals surface area contributed by atoms with Crippen molar-refractivity contribution in [3.05, 3.63) is 18.7 Å². The third-order valence-electron chi connectivity index (χ3n) is 2.47. The molecule has 1 amide bonds. The molecule has 0 fully saturated rings. The van der Waals surface area contributed by atoms with Crippen LogP contribution in [0, 0.1) is 5.92 Å². The SMILES string of the molecule is COC(=O)C(C)CN(C)C(=O)n1cc[n+](C)c1. The molecule has 1 aromatic heterocycles. The Balaban J connectivity index is 2.62. The third kappa shape index (κ3) is 3.30. The lowest BCUT2D eigenvalue weighted by Gasteiger charge is -2.17. The zero-order valence-corrected chi connectivity index (χ0v) is 10.6. The fraction of sp³-hybridized carbons (Fsp3) is 0.545. The van der Waals surface area contributed by atoms with Crippen molar-refractivity contribution in [1.29, 1.82) is 0 Å². The van der Waals surface area contributed by atoms with Gasteiger partial charge in [-0.25, -0.2) is 9.36 Å². The molecule has 0 aliphatic carbocycles. The van der Waals surface area contributed by atoms with Gasteiger partial charge in [-0.3, -0.25) is 4.79 Å². The first-order valence-corrected chi connectivity index (χ1v) is 5.32. The second-order valence-corrected chi connectivity index (χ2v) is 4.07. The molecule has 6 nitrogen and oxygen atoms in total. The average Bonchev–Trinajstić information content (AvgIpc) is 2.73. The number of nitrogens with zero attached hydrogens (tertiary/aromatic N) is 3. The maximum Gasteiger partial charge on any atom is 0.415 e. The highest BCUT2D eigenvalue weighted by molar-refractivity contribution is 5.77. The second kappa shape index (κ2) is 5.47. The average molecular weight is 240 g/mol. The van der Waals surface area contributed by atoms with Crippen LogP contribution in [0.25, 0.3) is 0 Å². The molecule has 0 saturated carbocycles. The Hall–Kier alpha value is -1.85. The number of aryl methyl sites for hydroxylation is 1. The van der Waals surface area contributed by atoms with Crippen molar-refractivity contribution >= 4 is 12.0 Å². The number of imidazole rings is 1. The summed E-state index contributed by atoms with van der Waals surface area (Å²) in [4.78, 5) is 24.7. The maximum absolute atomic E-state index is 11.9. The number of carbonyl (C=O) groups excluding carboxylic acids is 2. The zero-order chi connectivity index (χ0) is 13.0. The minimum atomic E-state index is -0.335. The van der Waals surface area contributed by atoms with Gasteiger partial charge in [0, 0.05) is 13.6 Å². The van der Waals surface area contributed by atoms with Crippen molar-refractivity contribution < 1.29 is 18.9 Å². The second-order valence-electron chi connectivity index (χ2n) is 4.07. The number of esters is 1. The Bertz CT molecular complexity index is 414. The van der Waals surface area contributed by atoms with E-state index in [1.807, 2.05) is 7.05 Å². The Morgan fingerprint density at radius 3 is 2.65 bits per heavy atom. The van der Waals surface area contributed by atoms with Gasteiger partial charge in [-0.2, -0.15) is 4.57 Å². The number of amides is 1. The molecule has 0 N–H and O–H groups in total. The smallest absolute Gasteiger partial charge is 0.415 e. The van der Waals surface area contributed by atoms with Crippen LogP contribution in [0.2, 0.25) is 0 Å². The molecule has 0 aliphatic rings. The molecule has 0 bridgehead atoms. The summed E-state index contributed by atoms with van der Waals surface area (Å²) in [6.07, 6.45) is 5.11. The van der Waals surface area contributed by atoms with Crippen LogP contribution in [0.3, 0.4) is 0 Å². The Kier molecular flexibility index (Phi) is 4.25. The van der Waals surface area contributed by atoms with E-state index in [-0.39, 0.29) is 17.9 Å². The third-order valence-corrected chi connectivity index (χ3v) is 2.47. The number of hydrogen-bond donors (Lipinski definition) is 0. The van der Waals surface area contributed by atoms with Gasteiger partial charge in [0.15, 0.2) is 0 Å². The normalized spacial score (nSPS) is 12.0. The van der Waals surface area contributed by atoms with Crippen molar-refractivity contribution in [1.82, 2.24) is 9.47 Å². The summed E-state index contributed by atoms with van der Waals surface area (Å²) in [5.74, 6) is -0.652. The Morgan fingerprint density at radius 1 is 1.53 bits per heavy atom. The van der Waals surface area contributed by atoms with E-state index in [9.17, 15) is 9.59 Å². The van der Waals surface area contributed by atoms with Gasteiger partial charge in [0.1, 0.15) is 12.4 Å². The molecule has 0 spiro atoms. The van der Waals surface area contributed by atoms with E-state index in [2.05, 4.69) is 4.74 Å². The molecule has 1 unspecified atom stereocenters. The lowest BCUT2D eigenvalue weighted by molar-refractivity contribution is -0.670. The van der Waals surface area contributed by atoms with Crippen LogP contribution in [0.5, 0.6) is 0 Å². The summed E-state index contributed by atoms with van der Waals surface area (Å²) in [7, 11) is 4.83. The van der Waals surface area contributed by atoms with Gasteiger partial charge in [0.2, 0.25) is 0 Å². The van der Waals surface area contributed by atoms with E-state index in [1.54, 1.807) is 37.3 Å². The topological polar surface area (TPSA) is 55.4 Å². The minimum absolute atomic E-state index is 0.179. The Morgan fingerprint density at radius 2 is 2.18 bits per heavy atom. The molecule has 6 heteroatoms. The lowest BCUT2D eigenvalue weighted by Crippen LogP contribution is -2.37. The first kappa shape index (κ1) is 13.2. The van der Waals surface area contributed by atoms with Crippen molar-refractivity contribution in [3.8, 4) is 0 Å². The molecule has 0 saturated heterocycles. The van der Waals surface area contributed by atoms with E-state index in [1.165, 1.54) is 16.6 Å². The molecule has 0 aromatic carbocycles. The van der Waals surface area contributed by atoms with Crippen LogP contribution in [-0.4, -0.2) is 42.2 Å². The molecule has 17 heavy (non-hydrogen) atoms. The van der Waals surface area contributed by atoms with Gasteiger partial charge in [0.25, 0.3) is 6.33 Å². The van der Waals surface area contributed by atoms with E-state index in [4.69, 9.17) is 0 Å². The molecule has 1 heterocycles. The number of carbonyl (C=O) groups is 2. The van der Waals surface area contributed by atoms with Crippen molar-refractivity contribution in [2.24, 2.45) is 13.0 Å². The van der Waals surface area contributed by atoms with Gasteiger partial charge >= 0.3 is 12.0 Å². The number of rotatable bonds is 3. The number of ether oxygens (including phenoxy) is 1. The first-order valence-electron chi connectivity index (χ1n) is 5.32. The molecule has 0 aliphatic heterocycles. The van der Waals surface area contributed by atoms with Crippen LogP contribution < -0.4 is 4.57 Å². The molecule has 0 radical (unpaired) electrons. The summed E-state index contributed by atoms with van der Waals surface area (Å²) in [6.45, 7) is 2.05. The minimum Gasteiger partial charge on any atom is -0.469 e. The van der Waals surface area contributed by atoms with Gasteiger partial charge in [-0.1, -0.05) is 6.92 Å². The number of hydrogen-bond acceptors (Lipinski definition) is 3. The fourth-order valence-electron chi connectivity index (χ4n) is 1.53. The van der Waals surface area contributed by atoms with Gasteiger partial charge in [-0.15, -0.1) is 0 Å². The summed E-state index contributed by atoms with van der Waals surface area (Å²) in [5, 5.41) is 0. The van der Waals surface area contributed by atoms with Crippen molar-refractivity contribution in [3.63, 3.8) is 0 Å². The van der Waals surface area contributed by atoms with Crippen molar-refractivity contribution in [2.45, 2.75) is 6.92 Å². The fourth-order valence-corrected chi connectivity index (χ4v) is 1.53. The number of aromatic nitrogens is 2. The van der Waals surface area contributed by atoms with Gasteiger partial charge in [-0.05, 0) is 0 Å². The zero-order valence-electron chi connectivity index (χ0n) is 10.6. The predicted molar refractivity (Wildman–Crippen MR) is 60.2 cm³/mol. The molecule has 1 atom stereocenters. The predicted octanol–water partition coefficient (Wildman–Crippen LogP) is 0.0216.